The van der Waals surface area contributed by atoms with Gasteiger partial charge < -0.3 is 9.52 Å². The van der Waals surface area contributed by atoms with Gasteiger partial charge in [-0.15, -0.1) is 0 Å². The van der Waals surface area contributed by atoms with E-state index in [0.717, 1.165) is 5.56 Å². The van der Waals surface area contributed by atoms with Crippen molar-refractivity contribution in [2.75, 3.05) is 0 Å². The summed E-state index contributed by atoms with van der Waals surface area (Å²) < 4.78 is 5.64. The third-order valence-electron chi connectivity index (χ3n) is 3.95. The molecule has 0 saturated carbocycles. The van der Waals surface area contributed by atoms with E-state index < -0.39 is 0 Å². The zero-order valence-electron chi connectivity index (χ0n) is 13.1. The van der Waals surface area contributed by atoms with Crippen molar-refractivity contribution in [3.05, 3.63) is 64.4 Å². The number of fused-ring (bicyclic) bond motifs is 1. The molecule has 2 aromatic carbocycles. The van der Waals surface area contributed by atoms with Crippen LogP contribution in [0.5, 0.6) is 5.75 Å². The molecule has 0 aliphatic heterocycles. The third-order valence-corrected chi connectivity index (χ3v) is 3.95. The number of aryl methyl sites for hydroxylation is 2. The largest absolute Gasteiger partial charge is 0.507 e. The standard InChI is InChI=1S/C19H16O4/c1-10-4-6-13(7-5-10)18(22)19-11(2)14-8-15(12(3)20)16(21)9-17(14)23-19/h4-9,21H,1-3H3. The van der Waals surface area contributed by atoms with E-state index in [1.807, 2.05) is 19.1 Å². The molecule has 0 amide bonds. The van der Waals surface area contributed by atoms with E-state index in [0.29, 0.717) is 22.1 Å². The predicted molar refractivity (Wildman–Crippen MR) is 87.2 cm³/mol. The summed E-state index contributed by atoms with van der Waals surface area (Å²) >= 11 is 0. The van der Waals surface area contributed by atoms with E-state index >= 15 is 0 Å². The molecule has 3 aromatic rings. The normalized spacial score (nSPS) is 10.9. The van der Waals surface area contributed by atoms with Crippen LogP contribution >= 0.6 is 0 Å². The first-order valence-corrected chi connectivity index (χ1v) is 7.27. The number of ketones is 2. The topological polar surface area (TPSA) is 67.5 Å². The number of benzene rings is 2. The highest BCUT2D eigenvalue weighted by Gasteiger charge is 2.21. The maximum atomic E-state index is 12.6. The average molecular weight is 308 g/mol. The molecule has 23 heavy (non-hydrogen) atoms. The first kappa shape index (κ1) is 15.0. The number of hydrogen-bond donors (Lipinski definition) is 1. The number of Topliss-reactive ketones (excluding diaryl/α,β-unsaturated/α-hetero) is 1. The maximum absolute atomic E-state index is 12.6. The van der Waals surface area contributed by atoms with Crippen LogP contribution in [0.15, 0.2) is 40.8 Å². The highest BCUT2D eigenvalue weighted by Crippen LogP contribution is 2.32. The van der Waals surface area contributed by atoms with Gasteiger partial charge in [0.15, 0.2) is 11.5 Å². The Morgan fingerprint density at radius 3 is 2.30 bits per heavy atom. The van der Waals surface area contributed by atoms with Gasteiger partial charge >= 0.3 is 0 Å². The molecule has 0 atom stereocenters. The number of carbonyl (C=O) groups is 2. The molecule has 0 aliphatic carbocycles. The molecule has 0 aliphatic rings. The van der Waals surface area contributed by atoms with Gasteiger partial charge in [0.2, 0.25) is 5.78 Å². The molecule has 0 fully saturated rings. The summed E-state index contributed by atoms with van der Waals surface area (Å²) in [6, 6.07) is 10.2. The monoisotopic (exact) mass is 308 g/mol. The average Bonchev–Trinajstić information content (AvgIpc) is 2.82. The highest BCUT2D eigenvalue weighted by molar-refractivity contribution is 6.11. The minimum atomic E-state index is -0.239. The Bertz CT molecular complexity index is 930. The third kappa shape index (κ3) is 2.52. The van der Waals surface area contributed by atoms with E-state index in [-0.39, 0.29) is 28.6 Å². The van der Waals surface area contributed by atoms with E-state index in [2.05, 4.69) is 0 Å². The Morgan fingerprint density at radius 1 is 1.04 bits per heavy atom. The lowest BCUT2D eigenvalue weighted by atomic mass is 10.0. The van der Waals surface area contributed by atoms with Gasteiger partial charge in [-0.05, 0) is 26.8 Å². The Kier molecular flexibility index (Phi) is 3.52. The van der Waals surface area contributed by atoms with Crippen molar-refractivity contribution in [3.63, 3.8) is 0 Å². The van der Waals surface area contributed by atoms with Crippen LogP contribution in [0.4, 0.5) is 0 Å². The molecule has 0 bridgehead atoms. The summed E-state index contributed by atoms with van der Waals surface area (Å²) in [6.07, 6.45) is 0. The molecular formula is C19H16O4. The second-order valence-electron chi connectivity index (χ2n) is 5.67. The molecule has 0 radical (unpaired) electrons. The predicted octanol–water partition coefficient (Wildman–Crippen LogP) is 4.19. The maximum Gasteiger partial charge on any atom is 0.228 e. The number of furan rings is 1. The Hall–Kier alpha value is -2.88. The van der Waals surface area contributed by atoms with Gasteiger partial charge in [0, 0.05) is 22.6 Å². The zero-order chi connectivity index (χ0) is 16.7. The second kappa shape index (κ2) is 5.39. The van der Waals surface area contributed by atoms with Gasteiger partial charge in [-0.1, -0.05) is 29.8 Å². The zero-order valence-corrected chi connectivity index (χ0v) is 13.1. The van der Waals surface area contributed by atoms with E-state index in [1.54, 1.807) is 25.1 Å². The molecule has 1 aromatic heterocycles. The molecule has 0 spiro atoms. The van der Waals surface area contributed by atoms with Crippen LogP contribution in [0.2, 0.25) is 0 Å². The van der Waals surface area contributed by atoms with Crippen LogP contribution in [0.25, 0.3) is 11.0 Å². The van der Waals surface area contributed by atoms with E-state index in [1.165, 1.54) is 13.0 Å². The lowest BCUT2D eigenvalue weighted by Gasteiger charge is -2.00. The Labute approximate surface area is 133 Å². The summed E-state index contributed by atoms with van der Waals surface area (Å²) in [6.45, 7) is 5.11. The number of phenolic OH excluding ortho intramolecular Hbond substituents is 1. The van der Waals surface area contributed by atoms with Crippen LogP contribution in [0, 0.1) is 13.8 Å². The number of rotatable bonds is 3. The van der Waals surface area contributed by atoms with Crippen LogP contribution < -0.4 is 0 Å². The van der Waals surface area contributed by atoms with Crippen molar-refractivity contribution in [1.29, 1.82) is 0 Å². The summed E-state index contributed by atoms with van der Waals surface area (Å²) in [5, 5.41) is 10.6. The quantitative estimate of drug-likeness (QED) is 0.737. The van der Waals surface area contributed by atoms with Gasteiger partial charge in [0.1, 0.15) is 11.3 Å². The molecular weight excluding hydrogens is 292 g/mol. The fourth-order valence-electron chi connectivity index (χ4n) is 2.59. The van der Waals surface area contributed by atoms with Crippen molar-refractivity contribution in [2.24, 2.45) is 0 Å². The minimum Gasteiger partial charge on any atom is -0.507 e. The second-order valence-corrected chi connectivity index (χ2v) is 5.67. The molecule has 1 heterocycles. The van der Waals surface area contributed by atoms with Crippen molar-refractivity contribution in [2.45, 2.75) is 20.8 Å². The highest BCUT2D eigenvalue weighted by atomic mass is 16.3. The molecule has 116 valence electrons. The van der Waals surface area contributed by atoms with Crippen molar-refractivity contribution in [1.82, 2.24) is 0 Å². The van der Waals surface area contributed by atoms with Crippen molar-refractivity contribution in [3.8, 4) is 5.75 Å². The summed E-state index contributed by atoms with van der Waals surface area (Å²) in [4.78, 5) is 24.2. The number of hydrogen-bond acceptors (Lipinski definition) is 4. The SMILES string of the molecule is CC(=O)c1cc2c(C)c(C(=O)c3ccc(C)cc3)oc2cc1O. The summed E-state index contributed by atoms with van der Waals surface area (Å²) in [7, 11) is 0. The molecule has 3 rings (SSSR count). The minimum absolute atomic E-state index is 0.145. The van der Waals surface area contributed by atoms with E-state index in [9.17, 15) is 14.7 Å². The fourth-order valence-corrected chi connectivity index (χ4v) is 2.59. The lowest BCUT2D eigenvalue weighted by molar-refractivity contribution is 0.100. The fraction of sp³-hybridized carbons (Fsp3) is 0.158. The van der Waals surface area contributed by atoms with Crippen LogP contribution in [0.3, 0.4) is 0 Å². The van der Waals surface area contributed by atoms with Crippen LogP contribution in [-0.4, -0.2) is 16.7 Å². The molecule has 4 heteroatoms. The van der Waals surface area contributed by atoms with Gasteiger partial charge in [-0.3, -0.25) is 9.59 Å². The number of phenols is 1. The number of aromatic hydroxyl groups is 1. The first-order chi connectivity index (χ1) is 10.9. The van der Waals surface area contributed by atoms with Crippen molar-refractivity contribution >= 4 is 22.5 Å². The number of carbonyl (C=O) groups excluding carboxylic acids is 2. The summed E-state index contributed by atoms with van der Waals surface area (Å²) in [5.74, 6) is -0.379. The van der Waals surface area contributed by atoms with Crippen LogP contribution in [-0.2, 0) is 0 Å². The van der Waals surface area contributed by atoms with Gasteiger partial charge in [0.05, 0.1) is 5.56 Å². The molecule has 4 nitrogen and oxygen atoms in total. The Morgan fingerprint density at radius 2 is 1.70 bits per heavy atom. The van der Waals surface area contributed by atoms with Gasteiger partial charge in [-0.25, -0.2) is 0 Å². The smallest absolute Gasteiger partial charge is 0.228 e. The molecule has 0 saturated heterocycles. The van der Waals surface area contributed by atoms with Gasteiger partial charge in [-0.2, -0.15) is 0 Å². The lowest BCUT2D eigenvalue weighted by Crippen LogP contribution is -2.01. The van der Waals surface area contributed by atoms with Gasteiger partial charge in [0.25, 0.3) is 0 Å². The van der Waals surface area contributed by atoms with E-state index in [4.69, 9.17) is 4.42 Å². The molecule has 0 unspecified atom stereocenters. The first-order valence-electron chi connectivity index (χ1n) is 7.27. The molecule has 1 N–H and O–H groups in total. The summed E-state index contributed by atoms with van der Waals surface area (Å²) in [5.41, 5.74) is 2.87. The van der Waals surface area contributed by atoms with Crippen molar-refractivity contribution < 1.29 is 19.1 Å². The van der Waals surface area contributed by atoms with Crippen LogP contribution in [0.1, 0.15) is 44.5 Å². The Balaban J connectivity index is 2.15.